The van der Waals surface area contributed by atoms with Gasteiger partial charge in [0.1, 0.15) is 5.60 Å². The summed E-state index contributed by atoms with van der Waals surface area (Å²) >= 11 is 0. The second-order valence-corrected chi connectivity index (χ2v) is 8.61. The quantitative estimate of drug-likeness (QED) is 0.731. The summed E-state index contributed by atoms with van der Waals surface area (Å²) in [5.74, 6) is 1.01. The molecule has 0 aliphatic carbocycles. The molecule has 1 aliphatic rings. The zero-order valence-corrected chi connectivity index (χ0v) is 16.7. The van der Waals surface area contributed by atoms with E-state index in [0.29, 0.717) is 11.8 Å². The minimum Gasteiger partial charge on any atom is -0.444 e. The van der Waals surface area contributed by atoms with Gasteiger partial charge < -0.3 is 9.64 Å². The van der Waals surface area contributed by atoms with Crippen molar-refractivity contribution in [2.24, 2.45) is 11.8 Å². The van der Waals surface area contributed by atoms with Crippen molar-refractivity contribution >= 4 is 6.09 Å². The average Bonchev–Trinajstić information content (AvgIpc) is 2.63. The molecule has 2 aromatic carbocycles. The van der Waals surface area contributed by atoms with E-state index < -0.39 is 5.60 Å². The molecule has 0 aromatic heterocycles. The third kappa shape index (κ3) is 5.85. The number of amides is 1. The van der Waals surface area contributed by atoms with Crippen LogP contribution in [0.1, 0.15) is 38.3 Å². The standard InChI is InChI=1S/C24H31NO2/c1-24(2,3)27-23(26)25-15-14-21(16-19-10-6-4-7-11-19)22(18-25)17-20-12-8-5-9-13-20/h4-13,21-22H,14-18H2,1-3H3/t21-,22+/m1/s1. The molecule has 2 atom stereocenters. The smallest absolute Gasteiger partial charge is 0.410 e. The molecule has 0 bridgehead atoms. The highest BCUT2D eigenvalue weighted by atomic mass is 16.6. The Balaban J connectivity index is 1.72. The minimum atomic E-state index is -0.451. The first kappa shape index (κ1) is 19.5. The number of hydrogen-bond donors (Lipinski definition) is 0. The number of benzene rings is 2. The molecule has 27 heavy (non-hydrogen) atoms. The van der Waals surface area contributed by atoms with E-state index in [4.69, 9.17) is 4.74 Å². The number of rotatable bonds is 4. The Kier molecular flexibility index (Phi) is 6.20. The second kappa shape index (κ2) is 8.60. The van der Waals surface area contributed by atoms with Crippen molar-refractivity contribution in [1.29, 1.82) is 0 Å². The fourth-order valence-electron chi connectivity index (χ4n) is 3.91. The van der Waals surface area contributed by atoms with Gasteiger partial charge in [-0.2, -0.15) is 0 Å². The maximum Gasteiger partial charge on any atom is 0.410 e. The molecular formula is C24H31NO2. The predicted molar refractivity (Wildman–Crippen MR) is 110 cm³/mol. The molecule has 0 spiro atoms. The van der Waals surface area contributed by atoms with Crippen LogP contribution >= 0.6 is 0 Å². The number of ether oxygens (including phenoxy) is 1. The average molecular weight is 366 g/mol. The van der Waals surface area contributed by atoms with Gasteiger partial charge in [-0.3, -0.25) is 0 Å². The highest BCUT2D eigenvalue weighted by Gasteiger charge is 2.33. The lowest BCUT2D eigenvalue weighted by atomic mass is 9.78. The van der Waals surface area contributed by atoms with Crippen LogP contribution in [0.2, 0.25) is 0 Å². The Morgan fingerprint density at radius 1 is 0.926 bits per heavy atom. The molecule has 0 unspecified atom stereocenters. The van der Waals surface area contributed by atoms with Gasteiger partial charge in [0, 0.05) is 13.1 Å². The zero-order chi connectivity index (χ0) is 19.3. The summed E-state index contributed by atoms with van der Waals surface area (Å²) in [5.41, 5.74) is 2.27. The summed E-state index contributed by atoms with van der Waals surface area (Å²) in [7, 11) is 0. The van der Waals surface area contributed by atoms with Crippen LogP contribution in [0.4, 0.5) is 4.79 Å². The van der Waals surface area contributed by atoms with Crippen LogP contribution in [-0.2, 0) is 17.6 Å². The summed E-state index contributed by atoms with van der Waals surface area (Å²) in [6.07, 6.45) is 2.91. The van der Waals surface area contributed by atoms with E-state index in [-0.39, 0.29) is 6.09 Å². The van der Waals surface area contributed by atoms with Crippen LogP contribution in [0.3, 0.4) is 0 Å². The number of carbonyl (C=O) groups is 1. The highest BCUT2D eigenvalue weighted by molar-refractivity contribution is 5.68. The van der Waals surface area contributed by atoms with Crippen LogP contribution in [0.15, 0.2) is 60.7 Å². The second-order valence-electron chi connectivity index (χ2n) is 8.61. The summed E-state index contributed by atoms with van der Waals surface area (Å²) in [6.45, 7) is 7.32. The number of likely N-dealkylation sites (tertiary alicyclic amines) is 1. The molecule has 1 fully saturated rings. The van der Waals surface area contributed by atoms with Gasteiger partial charge in [-0.15, -0.1) is 0 Å². The van der Waals surface area contributed by atoms with Crippen molar-refractivity contribution in [3.05, 3.63) is 71.8 Å². The topological polar surface area (TPSA) is 29.5 Å². The van der Waals surface area contributed by atoms with Crippen molar-refractivity contribution in [1.82, 2.24) is 4.90 Å². The summed E-state index contributed by atoms with van der Waals surface area (Å²) < 4.78 is 5.62. The van der Waals surface area contributed by atoms with E-state index in [1.807, 2.05) is 25.7 Å². The molecule has 0 radical (unpaired) electrons. The van der Waals surface area contributed by atoms with Gasteiger partial charge >= 0.3 is 6.09 Å². The Bertz CT molecular complexity index is 721. The van der Waals surface area contributed by atoms with Gasteiger partial charge in [0.15, 0.2) is 0 Å². The molecule has 3 nitrogen and oxygen atoms in total. The van der Waals surface area contributed by atoms with Gasteiger partial charge in [0.2, 0.25) is 0 Å². The molecule has 1 aliphatic heterocycles. The molecular weight excluding hydrogens is 334 g/mol. The Labute approximate surface area is 163 Å². The molecule has 144 valence electrons. The van der Waals surface area contributed by atoms with Crippen molar-refractivity contribution in [2.45, 2.75) is 45.6 Å². The summed E-state index contributed by atoms with van der Waals surface area (Å²) in [5, 5.41) is 0. The fraction of sp³-hybridized carbons (Fsp3) is 0.458. The lowest BCUT2D eigenvalue weighted by molar-refractivity contribution is 0.0102. The lowest BCUT2D eigenvalue weighted by Gasteiger charge is -2.39. The fourth-order valence-corrected chi connectivity index (χ4v) is 3.91. The van der Waals surface area contributed by atoms with Crippen LogP contribution < -0.4 is 0 Å². The molecule has 0 saturated carbocycles. The van der Waals surface area contributed by atoms with E-state index in [1.165, 1.54) is 11.1 Å². The molecule has 1 saturated heterocycles. The number of hydrogen-bond acceptors (Lipinski definition) is 2. The first-order valence-electron chi connectivity index (χ1n) is 9.96. The van der Waals surface area contributed by atoms with Gasteiger partial charge in [-0.25, -0.2) is 4.79 Å². The van der Waals surface area contributed by atoms with E-state index >= 15 is 0 Å². The maximum atomic E-state index is 12.6. The van der Waals surface area contributed by atoms with Crippen LogP contribution in [-0.4, -0.2) is 29.7 Å². The predicted octanol–water partition coefficient (Wildman–Crippen LogP) is 5.35. The van der Waals surface area contributed by atoms with E-state index in [9.17, 15) is 4.79 Å². The van der Waals surface area contributed by atoms with E-state index in [2.05, 4.69) is 60.7 Å². The summed E-state index contributed by atoms with van der Waals surface area (Å²) in [6, 6.07) is 21.3. The van der Waals surface area contributed by atoms with Crippen LogP contribution in [0.25, 0.3) is 0 Å². The van der Waals surface area contributed by atoms with Gasteiger partial charge in [-0.1, -0.05) is 60.7 Å². The first-order valence-corrected chi connectivity index (χ1v) is 9.96. The van der Waals surface area contributed by atoms with Gasteiger partial charge in [0.05, 0.1) is 0 Å². The minimum absolute atomic E-state index is 0.182. The van der Waals surface area contributed by atoms with Gasteiger partial charge in [-0.05, 0) is 63.0 Å². The van der Waals surface area contributed by atoms with E-state index in [1.54, 1.807) is 0 Å². The molecule has 0 N–H and O–H groups in total. The van der Waals surface area contributed by atoms with Crippen molar-refractivity contribution < 1.29 is 9.53 Å². The van der Waals surface area contributed by atoms with Gasteiger partial charge in [0.25, 0.3) is 0 Å². The van der Waals surface area contributed by atoms with Crippen molar-refractivity contribution in [3.63, 3.8) is 0 Å². The summed E-state index contributed by atoms with van der Waals surface area (Å²) in [4.78, 5) is 14.5. The molecule has 1 amide bonds. The third-order valence-corrected chi connectivity index (χ3v) is 5.22. The molecule has 1 heterocycles. The SMILES string of the molecule is CC(C)(C)OC(=O)N1CC[C@H](Cc2ccccc2)[C@@H](Cc2ccccc2)C1. The maximum absolute atomic E-state index is 12.6. The zero-order valence-electron chi connectivity index (χ0n) is 16.7. The van der Waals surface area contributed by atoms with Crippen LogP contribution in [0, 0.1) is 11.8 Å². The van der Waals surface area contributed by atoms with Crippen molar-refractivity contribution in [2.75, 3.05) is 13.1 Å². The van der Waals surface area contributed by atoms with E-state index in [0.717, 1.165) is 32.4 Å². The third-order valence-electron chi connectivity index (χ3n) is 5.22. The van der Waals surface area contributed by atoms with Crippen molar-refractivity contribution in [3.8, 4) is 0 Å². The van der Waals surface area contributed by atoms with Crippen LogP contribution in [0.5, 0.6) is 0 Å². The first-order chi connectivity index (χ1) is 12.9. The largest absolute Gasteiger partial charge is 0.444 e. The number of nitrogens with zero attached hydrogens (tertiary/aromatic N) is 1. The number of carbonyl (C=O) groups excluding carboxylic acids is 1. The lowest BCUT2D eigenvalue weighted by Crippen LogP contribution is -2.46. The Morgan fingerprint density at radius 2 is 1.44 bits per heavy atom. The molecule has 3 heteroatoms. The number of piperidine rings is 1. The monoisotopic (exact) mass is 365 g/mol. The highest BCUT2D eigenvalue weighted by Crippen LogP contribution is 2.30. The normalized spacial score (nSPS) is 20.3. The molecule has 3 rings (SSSR count). The Hall–Kier alpha value is -2.29. The molecule has 2 aromatic rings. The Morgan fingerprint density at radius 3 is 1.96 bits per heavy atom.